The standard InChI is InChI=1S/C16H29NO/c1-3-14-10-9-13(2)17(11-14)12-16(18)15-7-5-4-6-8-15/h13-15H,3-12H2,1-2H3. The highest BCUT2D eigenvalue weighted by atomic mass is 16.1. The van der Waals surface area contributed by atoms with Gasteiger partial charge in [0.25, 0.3) is 0 Å². The molecule has 0 radical (unpaired) electrons. The fraction of sp³-hybridized carbons (Fsp3) is 0.938. The van der Waals surface area contributed by atoms with Crippen molar-refractivity contribution in [2.24, 2.45) is 11.8 Å². The average molecular weight is 251 g/mol. The van der Waals surface area contributed by atoms with Crippen molar-refractivity contribution in [2.45, 2.75) is 71.3 Å². The first kappa shape index (κ1) is 14.0. The van der Waals surface area contributed by atoms with E-state index in [0.29, 0.717) is 17.7 Å². The zero-order valence-corrected chi connectivity index (χ0v) is 12.2. The Labute approximate surface area is 112 Å². The first-order valence-corrected chi connectivity index (χ1v) is 7.97. The van der Waals surface area contributed by atoms with Gasteiger partial charge in [0.05, 0.1) is 6.54 Å². The van der Waals surface area contributed by atoms with Crippen molar-refractivity contribution in [1.29, 1.82) is 0 Å². The molecule has 2 heteroatoms. The minimum absolute atomic E-state index is 0.382. The van der Waals surface area contributed by atoms with Gasteiger partial charge in [0, 0.05) is 18.5 Å². The topological polar surface area (TPSA) is 20.3 Å². The number of carbonyl (C=O) groups excluding carboxylic acids is 1. The molecule has 1 saturated carbocycles. The van der Waals surface area contributed by atoms with E-state index in [9.17, 15) is 4.79 Å². The Bertz CT molecular complexity index is 270. The third kappa shape index (κ3) is 3.57. The Morgan fingerprint density at radius 1 is 1.11 bits per heavy atom. The molecular formula is C16H29NO. The van der Waals surface area contributed by atoms with Crippen molar-refractivity contribution in [3.63, 3.8) is 0 Å². The van der Waals surface area contributed by atoms with Gasteiger partial charge in [-0.1, -0.05) is 32.6 Å². The number of hydrogen-bond donors (Lipinski definition) is 0. The van der Waals surface area contributed by atoms with Crippen LogP contribution in [0.25, 0.3) is 0 Å². The minimum atomic E-state index is 0.382. The van der Waals surface area contributed by atoms with Gasteiger partial charge >= 0.3 is 0 Å². The van der Waals surface area contributed by atoms with E-state index in [1.54, 1.807) is 0 Å². The summed E-state index contributed by atoms with van der Waals surface area (Å²) < 4.78 is 0. The van der Waals surface area contributed by atoms with Crippen LogP contribution in [0.5, 0.6) is 0 Å². The zero-order valence-electron chi connectivity index (χ0n) is 12.2. The summed E-state index contributed by atoms with van der Waals surface area (Å²) in [5.41, 5.74) is 0. The van der Waals surface area contributed by atoms with Crippen molar-refractivity contribution in [3.8, 4) is 0 Å². The van der Waals surface area contributed by atoms with Gasteiger partial charge in [-0.3, -0.25) is 9.69 Å². The van der Waals surface area contributed by atoms with Crippen LogP contribution < -0.4 is 0 Å². The van der Waals surface area contributed by atoms with Crippen molar-refractivity contribution in [3.05, 3.63) is 0 Å². The molecular weight excluding hydrogens is 222 g/mol. The maximum atomic E-state index is 12.4. The van der Waals surface area contributed by atoms with E-state index in [-0.39, 0.29) is 0 Å². The molecule has 0 N–H and O–H groups in total. The number of likely N-dealkylation sites (tertiary alicyclic amines) is 1. The first-order valence-electron chi connectivity index (χ1n) is 7.97. The van der Waals surface area contributed by atoms with E-state index in [1.165, 1.54) is 38.5 Å². The lowest BCUT2D eigenvalue weighted by molar-refractivity contribution is -0.126. The molecule has 18 heavy (non-hydrogen) atoms. The lowest BCUT2D eigenvalue weighted by atomic mass is 9.85. The molecule has 0 aromatic rings. The highest BCUT2D eigenvalue weighted by Crippen LogP contribution is 2.27. The maximum Gasteiger partial charge on any atom is 0.149 e. The lowest BCUT2D eigenvalue weighted by Crippen LogP contribution is -2.45. The normalized spacial score (nSPS) is 31.4. The van der Waals surface area contributed by atoms with Crippen molar-refractivity contribution in [1.82, 2.24) is 4.90 Å². The predicted molar refractivity (Wildman–Crippen MR) is 75.6 cm³/mol. The molecule has 2 fully saturated rings. The van der Waals surface area contributed by atoms with Crippen LogP contribution in [-0.2, 0) is 4.79 Å². The Morgan fingerprint density at radius 3 is 2.50 bits per heavy atom. The van der Waals surface area contributed by atoms with Crippen LogP contribution in [0.4, 0.5) is 0 Å². The first-order chi connectivity index (χ1) is 8.70. The van der Waals surface area contributed by atoms with Crippen LogP contribution in [-0.4, -0.2) is 29.8 Å². The predicted octanol–water partition coefficient (Wildman–Crippen LogP) is 3.65. The summed E-state index contributed by atoms with van der Waals surface area (Å²) >= 11 is 0. The number of Topliss-reactive ketones (excluding diaryl/α,β-unsaturated/α-hetero) is 1. The molecule has 1 saturated heterocycles. The number of piperidine rings is 1. The third-order valence-corrected chi connectivity index (χ3v) is 5.11. The van der Waals surface area contributed by atoms with Crippen LogP contribution >= 0.6 is 0 Å². The van der Waals surface area contributed by atoms with E-state index < -0.39 is 0 Å². The molecule has 2 atom stereocenters. The fourth-order valence-corrected chi connectivity index (χ4v) is 3.57. The van der Waals surface area contributed by atoms with Gasteiger partial charge in [-0.25, -0.2) is 0 Å². The number of rotatable bonds is 4. The van der Waals surface area contributed by atoms with Crippen LogP contribution in [0.3, 0.4) is 0 Å². The van der Waals surface area contributed by atoms with Crippen LogP contribution in [0.2, 0.25) is 0 Å². The molecule has 0 aromatic carbocycles. The number of hydrogen-bond acceptors (Lipinski definition) is 2. The molecule has 1 aliphatic carbocycles. The van der Waals surface area contributed by atoms with Gasteiger partial charge in [-0.05, 0) is 38.5 Å². The van der Waals surface area contributed by atoms with Gasteiger partial charge in [0.2, 0.25) is 0 Å². The Hall–Kier alpha value is -0.370. The van der Waals surface area contributed by atoms with E-state index in [0.717, 1.165) is 31.8 Å². The summed E-state index contributed by atoms with van der Waals surface area (Å²) in [6, 6.07) is 0.611. The monoisotopic (exact) mass is 251 g/mol. The summed E-state index contributed by atoms with van der Waals surface area (Å²) in [4.78, 5) is 14.8. The average Bonchev–Trinajstić information content (AvgIpc) is 2.42. The van der Waals surface area contributed by atoms with Crippen molar-refractivity contribution >= 4 is 5.78 Å². The molecule has 0 bridgehead atoms. The molecule has 2 aliphatic rings. The summed E-state index contributed by atoms with van der Waals surface area (Å²) in [6.45, 7) is 6.44. The quantitative estimate of drug-likeness (QED) is 0.760. The smallest absolute Gasteiger partial charge is 0.149 e. The van der Waals surface area contributed by atoms with Gasteiger partial charge in [-0.15, -0.1) is 0 Å². The van der Waals surface area contributed by atoms with Crippen molar-refractivity contribution in [2.75, 3.05) is 13.1 Å². The fourth-order valence-electron chi connectivity index (χ4n) is 3.57. The number of ketones is 1. The Morgan fingerprint density at radius 2 is 1.83 bits per heavy atom. The number of carbonyl (C=O) groups is 1. The molecule has 0 amide bonds. The number of nitrogens with zero attached hydrogens (tertiary/aromatic N) is 1. The second-order valence-electron chi connectivity index (χ2n) is 6.43. The minimum Gasteiger partial charge on any atom is -0.298 e. The second kappa shape index (κ2) is 6.70. The van der Waals surface area contributed by atoms with Gasteiger partial charge in [-0.2, -0.15) is 0 Å². The van der Waals surface area contributed by atoms with Crippen molar-refractivity contribution < 1.29 is 4.79 Å². The van der Waals surface area contributed by atoms with Crippen LogP contribution in [0.15, 0.2) is 0 Å². The summed E-state index contributed by atoms with van der Waals surface area (Å²) in [5, 5.41) is 0. The molecule has 1 heterocycles. The van der Waals surface area contributed by atoms with E-state index in [1.807, 2.05) is 0 Å². The van der Waals surface area contributed by atoms with Crippen LogP contribution in [0, 0.1) is 11.8 Å². The molecule has 2 nitrogen and oxygen atoms in total. The third-order valence-electron chi connectivity index (χ3n) is 5.11. The summed E-state index contributed by atoms with van der Waals surface area (Å²) in [5.74, 6) is 1.73. The largest absolute Gasteiger partial charge is 0.298 e. The molecule has 2 rings (SSSR count). The van der Waals surface area contributed by atoms with Gasteiger partial charge in [0.1, 0.15) is 5.78 Å². The highest BCUT2D eigenvalue weighted by Gasteiger charge is 2.28. The maximum absolute atomic E-state index is 12.4. The second-order valence-corrected chi connectivity index (χ2v) is 6.43. The zero-order chi connectivity index (χ0) is 13.0. The molecule has 104 valence electrons. The van der Waals surface area contributed by atoms with Crippen LogP contribution in [0.1, 0.15) is 65.2 Å². The molecule has 0 spiro atoms. The Kier molecular flexibility index (Phi) is 5.23. The molecule has 2 unspecified atom stereocenters. The summed E-state index contributed by atoms with van der Waals surface area (Å²) in [7, 11) is 0. The molecule has 0 aromatic heterocycles. The summed E-state index contributed by atoms with van der Waals surface area (Å²) in [6.07, 6.45) is 10.1. The van der Waals surface area contributed by atoms with Gasteiger partial charge in [0.15, 0.2) is 0 Å². The van der Waals surface area contributed by atoms with Gasteiger partial charge < -0.3 is 0 Å². The van der Waals surface area contributed by atoms with E-state index in [2.05, 4.69) is 18.7 Å². The highest BCUT2D eigenvalue weighted by molar-refractivity contribution is 5.83. The van der Waals surface area contributed by atoms with E-state index in [4.69, 9.17) is 0 Å². The lowest BCUT2D eigenvalue weighted by Gasteiger charge is -2.38. The van der Waals surface area contributed by atoms with E-state index >= 15 is 0 Å². The molecule has 1 aliphatic heterocycles. The SMILES string of the molecule is CCC1CCC(C)N(CC(=O)C2CCCCC2)C1. The Balaban J connectivity index is 1.84.